The van der Waals surface area contributed by atoms with Crippen LogP contribution in [0.25, 0.3) is 10.9 Å². The SMILES string of the molecule is CC(Br)n1c(=O)[nH]c2ccccc2c1=O. The van der Waals surface area contributed by atoms with E-state index < -0.39 is 5.69 Å². The number of benzene rings is 1. The van der Waals surface area contributed by atoms with Crippen molar-refractivity contribution in [2.45, 2.75) is 11.9 Å². The molecule has 0 amide bonds. The fraction of sp³-hybridized carbons (Fsp3) is 0.200. The Morgan fingerprint density at radius 1 is 1.33 bits per heavy atom. The van der Waals surface area contributed by atoms with Gasteiger partial charge in [0, 0.05) is 0 Å². The van der Waals surface area contributed by atoms with Gasteiger partial charge in [0.05, 0.1) is 15.9 Å². The van der Waals surface area contributed by atoms with Gasteiger partial charge in [-0.05, 0) is 19.1 Å². The van der Waals surface area contributed by atoms with Gasteiger partial charge in [-0.1, -0.05) is 28.1 Å². The van der Waals surface area contributed by atoms with Gasteiger partial charge in [-0.2, -0.15) is 0 Å². The standard InChI is InChI=1S/C10H9BrN2O2/c1-6(11)13-9(14)7-4-2-3-5-8(7)12-10(13)15/h2-6H,1H3,(H,12,15). The minimum atomic E-state index is -0.400. The van der Waals surface area contributed by atoms with Crippen molar-refractivity contribution in [1.29, 1.82) is 0 Å². The Balaban J connectivity index is 2.97. The summed E-state index contributed by atoms with van der Waals surface area (Å²) in [5, 5.41) is 0.517. The summed E-state index contributed by atoms with van der Waals surface area (Å²) < 4.78 is 1.14. The van der Waals surface area contributed by atoms with Crippen LogP contribution in [-0.4, -0.2) is 9.55 Å². The van der Waals surface area contributed by atoms with E-state index >= 15 is 0 Å². The molecule has 5 heteroatoms. The first-order chi connectivity index (χ1) is 7.11. The van der Waals surface area contributed by atoms with Gasteiger partial charge in [0.25, 0.3) is 5.56 Å². The van der Waals surface area contributed by atoms with E-state index in [0.717, 1.165) is 4.57 Å². The molecule has 1 aromatic carbocycles. The number of rotatable bonds is 1. The van der Waals surface area contributed by atoms with Crippen LogP contribution in [0.1, 0.15) is 11.9 Å². The van der Waals surface area contributed by atoms with E-state index in [-0.39, 0.29) is 10.5 Å². The lowest BCUT2D eigenvalue weighted by Gasteiger charge is -2.07. The number of aromatic amines is 1. The van der Waals surface area contributed by atoms with Crippen molar-refractivity contribution in [2.24, 2.45) is 0 Å². The third-order valence-corrected chi connectivity index (χ3v) is 2.60. The summed E-state index contributed by atoms with van der Waals surface area (Å²) in [4.78, 5) is 25.8. The minimum Gasteiger partial charge on any atom is -0.307 e. The smallest absolute Gasteiger partial charge is 0.307 e. The number of hydrogen-bond donors (Lipinski definition) is 1. The van der Waals surface area contributed by atoms with E-state index in [1.165, 1.54) is 0 Å². The molecule has 1 aromatic heterocycles. The number of fused-ring (bicyclic) bond motifs is 1. The Bertz CT molecular complexity index is 613. The molecule has 0 radical (unpaired) electrons. The molecule has 0 aliphatic carbocycles. The molecule has 1 unspecified atom stereocenters. The fourth-order valence-corrected chi connectivity index (χ4v) is 1.87. The van der Waals surface area contributed by atoms with Gasteiger partial charge in [-0.25, -0.2) is 9.36 Å². The Labute approximate surface area is 93.7 Å². The Morgan fingerprint density at radius 2 is 2.00 bits per heavy atom. The molecular weight excluding hydrogens is 260 g/mol. The maximum absolute atomic E-state index is 11.9. The average Bonchev–Trinajstić information content (AvgIpc) is 2.17. The van der Waals surface area contributed by atoms with Crippen LogP contribution in [0.5, 0.6) is 0 Å². The van der Waals surface area contributed by atoms with Crippen molar-refractivity contribution in [2.75, 3.05) is 0 Å². The van der Waals surface area contributed by atoms with Crippen LogP contribution in [0.4, 0.5) is 0 Å². The topological polar surface area (TPSA) is 54.9 Å². The number of aromatic nitrogens is 2. The van der Waals surface area contributed by atoms with Crippen LogP contribution in [0.2, 0.25) is 0 Å². The molecule has 0 aliphatic rings. The van der Waals surface area contributed by atoms with Crippen molar-refractivity contribution < 1.29 is 0 Å². The second-order valence-electron chi connectivity index (χ2n) is 3.22. The molecular formula is C10H9BrN2O2. The predicted molar refractivity (Wildman–Crippen MR) is 62.5 cm³/mol. The molecule has 0 saturated heterocycles. The number of para-hydroxylation sites is 1. The van der Waals surface area contributed by atoms with Crippen molar-refractivity contribution >= 4 is 26.8 Å². The number of alkyl halides is 1. The van der Waals surface area contributed by atoms with E-state index in [9.17, 15) is 9.59 Å². The van der Waals surface area contributed by atoms with E-state index in [2.05, 4.69) is 20.9 Å². The largest absolute Gasteiger partial charge is 0.329 e. The third-order valence-electron chi connectivity index (χ3n) is 2.19. The molecule has 15 heavy (non-hydrogen) atoms. The second-order valence-corrected chi connectivity index (χ2v) is 4.55. The monoisotopic (exact) mass is 268 g/mol. The zero-order chi connectivity index (χ0) is 11.0. The van der Waals surface area contributed by atoms with E-state index in [4.69, 9.17) is 0 Å². The predicted octanol–water partition coefficient (Wildman–Crippen LogP) is 1.60. The summed E-state index contributed by atoms with van der Waals surface area (Å²) in [5.41, 5.74) is -0.112. The fourth-order valence-electron chi connectivity index (χ4n) is 1.50. The van der Waals surface area contributed by atoms with Crippen LogP contribution in [0.3, 0.4) is 0 Å². The lowest BCUT2D eigenvalue weighted by Crippen LogP contribution is -2.35. The molecule has 78 valence electrons. The van der Waals surface area contributed by atoms with Crippen LogP contribution in [0, 0.1) is 0 Å². The van der Waals surface area contributed by atoms with E-state index in [1.807, 2.05) is 0 Å². The highest BCUT2D eigenvalue weighted by atomic mass is 79.9. The molecule has 1 atom stereocenters. The van der Waals surface area contributed by atoms with Gasteiger partial charge in [0.2, 0.25) is 0 Å². The molecule has 1 heterocycles. The highest BCUT2D eigenvalue weighted by molar-refractivity contribution is 9.09. The molecule has 0 fully saturated rings. The molecule has 1 N–H and O–H groups in total. The van der Waals surface area contributed by atoms with Crippen molar-refractivity contribution in [1.82, 2.24) is 9.55 Å². The molecule has 4 nitrogen and oxygen atoms in total. The Hall–Kier alpha value is -1.36. The van der Waals surface area contributed by atoms with E-state index in [0.29, 0.717) is 10.9 Å². The summed E-state index contributed by atoms with van der Waals surface area (Å²) >= 11 is 3.21. The normalized spacial score (nSPS) is 12.9. The van der Waals surface area contributed by atoms with E-state index in [1.54, 1.807) is 31.2 Å². The summed E-state index contributed by atoms with van der Waals surface area (Å²) in [5.74, 6) is 0. The number of nitrogens with zero attached hydrogens (tertiary/aromatic N) is 1. The second kappa shape index (κ2) is 3.66. The first-order valence-corrected chi connectivity index (χ1v) is 5.40. The Morgan fingerprint density at radius 3 is 2.67 bits per heavy atom. The van der Waals surface area contributed by atoms with Crippen molar-refractivity contribution in [3.63, 3.8) is 0 Å². The highest BCUT2D eigenvalue weighted by Crippen LogP contribution is 2.09. The zero-order valence-electron chi connectivity index (χ0n) is 8.03. The molecule has 2 aromatic rings. The molecule has 0 spiro atoms. The molecule has 2 rings (SSSR count). The maximum atomic E-state index is 11.9. The minimum absolute atomic E-state index is 0.279. The average molecular weight is 269 g/mol. The molecule has 0 aliphatic heterocycles. The molecule has 0 bridgehead atoms. The lowest BCUT2D eigenvalue weighted by molar-refractivity contribution is 0.677. The quantitative estimate of drug-likeness (QED) is 0.799. The van der Waals surface area contributed by atoms with Gasteiger partial charge in [-0.3, -0.25) is 4.79 Å². The van der Waals surface area contributed by atoms with Gasteiger partial charge in [0.1, 0.15) is 0 Å². The maximum Gasteiger partial charge on any atom is 0.329 e. The Kier molecular flexibility index (Phi) is 2.48. The van der Waals surface area contributed by atoms with Crippen molar-refractivity contribution in [3.8, 4) is 0 Å². The number of halogens is 1. The van der Waals surface area contributed by atoms with Gasteiger partial charge >= 0.3 is 5.69 Å². The van der Waals surface area contributed by atoms with Crippen LogP contribution in [-0.2, 0) is 0 Å². The van der Waals surface area contributed by atoms with Crippen LogP contribution >= 0.6 is 15.9 Å². The summed E-state index contributed by atoms with van der Waals surface area (Å²) in [6.45, 7) is 1.73. The van der Waals surface area contributed by atoms with Crippen LogP contribution in [0.15, 0.2) is 33.9 Å². The summed E-state index contributed by atoms with van der Waals surface area (Å²) in [6, 6.07) is 6.95. The first kappa shape index (κ1) is 10.2. The van der Waals surface area contributed by atoms with Gasteiger partial charge in [0.15, 0.2) is 0 Å². The van der Waals surface area contributed by atoms with Gasteiger partial charge in [-0.15, -0.1) is 0 Å². The summed E-state index contributed by atoms with van der Waals surface area (Å²) in [7, 11) is 0. The zero-order valence-corrected chi connectivity index (χ0v) is 9.61. The first-order valence-electron chi connectivity index (χ1n) is 4.49. The number of nitrogens with one attached hydrogen (secondary N) is 1. The number of hydrogen-bond acceptors (Lipinski definition) is 2. The van der Waals surface area contributed by atoms with Crippen molar-refractivity contribution in [3.05, 3.63) is 45.1 Å². The highest BCUT2D eigenvalue weighted by Gasteiger charge is 2.09. The van der Waals surface area contributed by atoms with Crippen LogP contribution < -0.4 is 11.2 Å². The van der Waals surface area contributed by atoms with Gasteiger partial charge < -0.3 is 4.98 Å². The lowest BCUT2D eigenvalue weighted by atomic mass is 10.2. The molecule has 0 saturated carbocycles. The summed E-state index contributed by atoms with van der Waals surface area (Å²) in [6.07, 6.45) is 0. The number of H-pyrrole nitrogens is 1. The third kappa shape index (κ3) is 1.63.